The fourth-order valence-electron chi connectivity index (χ4n) is 6.71. The summed E-state index contributed by atoms with van der Waals surface area (Å²) >= 11 is 0. The molecule has 0 bridgehead atoms. The van der Waals surface area contributed by atoms with Crippen LogP contribution in [0, 0.1) is 0 Å². The number of nitrogens with one attached hydrogen (secondary N) is 1. The highest BCUT2D eigenvalue weighted by Crippen LogP contribution is 2.23. The Morgan fingerprint density at radius 2 is 1.16 bits per heavy atom. The lowest BCUT2D eigenvalue weighted by Crippen LogP contribution is -2.60. The highest BCUT2D eigenvalue weighted by atomic mass is 16.7. The third-order valence-corrected chi connectivity index (χ3v) is 10.4. The van der Waals surface area contributed by atoms with Crippen LogP contribution in [0.4, 0.5) is 0 Å². The predicted octanol–water partition coefficient (Wildman–Crippen LogP) is 6.44. The van der Waals surface area contributed by atoms with Gasteiger partial charge in [0.05, 0.1) is 25.4 Å². The Balaban J connectivity index is 2.36. The minimum Gasteiger partial charge on any atom is -0.394 e. The molecule has 1 rings (SSSR count). The van der Waals surface area contributed by atoms with E-state index in [4.69, 9.17) is 9.47 Å². The van der Waals surface area contributed by atoms with Gasteiger partial charge in [0.25, 0.3) is 0 Å². The molecule has 322 valence electrons. The second kappa shape index (κ2) is 34.4. The summed E-state index contributed by atoms with van der Waals surface area (Å²) in [7, 11) is 0. The molecule has 1 fully saturated rings. The first-order valence-corrected chi connectivity index (χ1v) is 21.9. The largest absolute Gasteiger partial charge is 0.394 e. The highest BCUT2D eigenvalue weighted by Gasteiger charge is 2.44. The van der Waals surface area contributed by atoms with Crippen molar-refractivity contribution in [1.82, 2.24) is 5.32 Å². The summed E-state index contributed by atoms with van der Waals surface area (Å²) in [5.74, 6) is -0.721. The number of hydrogen-bond acceptors (Lipinski definition) is 10. The molecule has 1 heterocycles. The van der Waals surface area contributed by atoms with Gasteiger partial charge in [-0.25, -0.2) is 0 Å². The van der Waals surface area contributed by atoms with Crippen LogP contribution in [0.5, 0.6) is 0 Å². The van der Waals surface area contributed by atoms with Gasteiger partial charge >= 0.3 is 0 Å². The van der Waals surface area contributed by atoms with E-state index in [1.165, 1.54) is 64.2 Å². The zero-order valence-corrected chi connectivity index (χ0v) is 34.4. The van der Waals surface area contributed by atoms with Crippen molar-refractivity contribution in [1.29, 1.82) is 0 Å². The molecule has 0 aromatic rings. The van der Waals surface area contributed by atoms with Gasteiger partial charge in [-0.15, -0.1) is 0 Å². The van der Waals surface area contributed by atoms with E-state index in [2.05, 4.69) is 49.5 Å². The number of allylic oxidation sites excluding steroid dienone is 6. The van der Waals surface area contributed by atoms with Gasteiger partial charge in [0, 0.05) is 0 Å². The SMILES string of the molecule is CCC/C=C/CCCC(O)C(O)C(COC1OC(CO)C(O)C(O)C1O)NC(=O)C(O)CCCCCCCC/C=C\C/C=C\CCCCCCCCCCC. The van der Waals surface area contributed by atoms with Crippen LogP contribution >= 0.6 is 0 Å². The van der Waals surface area contributed by atoms with Crippen LogP contribution in [-0.4, -0.2) is 110 Å². The minimum atomic E-state index is -1.67. The zero-order chi connectivity index (χ0) is 40.5. The van der Waals surface area contributed by atoms with Crippen molar-refractivity contribution in [2.45, 2.75) is 223 Å². The molecule has 11 nitrogen and oxygen atoms in total. The smallest absolute Gasteiger partial charge is 0.249 e. The molecule has 0 aromatic heterocycles. The molecule has 0 aliphatic carbocycles. The van der Waals surface area contributed by atoms with Crippen molar-refractivity contribution in [3.05, 3.63) is 36.5 Å². The molecule has 1 amide bonds. The van der Waals surface area contributed by atoms with E-state index in [-0.39, 0.29) is 12.8 Å². The molecule has 9 atom stereocenters. The Kier molecular flexibility index (Phi) is 32.1. The van der Waals surface area contributed by atoms with E-state index < -0.39 is 74.2 Å². The molecule has 1 aliphatic heterocycles. The second-order valence-electron chi connectivity index (χ2n) is 15.4. The normalized spacial score (nSPS) is 22.8. The van der Waals surface area contributed by atoms with Gasteiger partial charge in [-0.3, -0.25) is 4.79 Å². The maximum atomic E-state index is 13.0. The van der Waals surface area contributed by atoms with Crippen LogP contribution in [0.1, 0.15) is 168 Å². The Morgan fingerprint density at radius 1 is 0.636 bits per heavy atom. The number of amides is 1. The maximum absolute atomic E-state index is 13.0. The Labute approximate surface area is 333 Å². The summed E-state index contributed by atoms with van der Waals surface area (Å²) in [6, 6.07) is -1.19. The van der Waals surface area contributed by atoms with E-state index in [0.29, 0.717) is 12.8 Å². The van der Waals surface area contributed by atoms with Gasteiger partial charge < -0.3 is 50.5 Å². The molecule has 11 heteroatoms. The fraction of sp³-hybridized carbons (Fsp3) is 0.841. The van der Waals surface area contributed by atoms with E-state index in [9.17, 15) is 40.5 Å². The quantitative estimate of drug-likeness (QED) is 0.0262. The summed E-state index contributed by atoms with van der Waals surface area (Å²) in [5, 5.41) is 75.0. The third-order valence-electron chi connectivity index (χ3n) is 10.4. The van der Waals surface area contributed by atoms with Crippen molar-refractivity contribution < 1.29 is 50.0 Å². The number of carbonyl (C=O) groups excluding carboxylic acids is 1. The summed E-state index contributed by atoms with van der Waals surface area (Å²) in [4.78, 5) is 13.0. The molecule has 55 heavy (non-hydrogen) atoms. The van der Waals surface area contributed by atoms with Gasteiger partial charge in [-0.2, -0.15) is 0 Å². The zero-order valence-electron chi connectivity index (χ0n) is 34.4. The number of unbranched alkanes of at least 4 members (excludes halogenated alkanes) is 17. The second-order valence-corrected chi connectivity index (χ2v) is 15.4. The minimum absolute atomic E-state index is 0.240. The standard InChI is InChI=1S/C44H81NO10/c1-3-5-7-9-11-12-13-14-15-16-17-18-19-20-21-22-23-24-25-26-28-30-32-37(48)43(53)45-35(39(49)36(47)31-29-27-10-8-6-4-2)34-54-44-42(52)41(51)40(50)38(33-46)55-44/h8,10,17-18,20-21,35-42,44,46-52H,3-7,9,11-16,19,22-34H2,1-2H3,(H,45,53)/b10-8+,18-17-,21-20-. The topological polar surface area (TPSA) is 189 Å². The molecular weight excluding hydrogens is 702 g/mol. The first kappa shape index (κ1) is 51.3. The van der Waals surface area contributed by atoms with Crippen LogP contribution in [-0.2, 0) is 14.3 Å². The fourth-order valence-corrected chi connectivity index (χ4v) is 6.71. The number of hydrogen-bond donors (Lipinski definition) is 8. The lowest BCUT2D eigenvalue weighted by molar-refractivity contribution is -0.303. The number of aliphatic hydroxyl groups is 7. The van der Waals surface area contributed by atoms with Crippen LogP contribution in [0.25, 0.3) is 0 Å². The monoisotopic (exact) mass is 784 g/mol. The summed E-state index contributed by atoms with van der Waals surface area (Å²) < 4.78 is 11.0. The first-order valence-electron chi connectivity index (χ1n) is 21.9. The first-order chi connectivity index (χ1) is 26.7. The lowest BCUT2D eigenvalue weighted by Gasteiger charge is -2.40. The molecule has 1 saturated heterocycles. The molecule has 0 aromatic carbocycles. The molecule has 0 radical (unpaired) electrons. The Morgan fingerprint density at radius 3 is 1.75 bits per heavy atom. The molecule has 8 N–H and O–H groups in total. The van der Waals surface area contributed by atoms with Gasteiger partial charge in [0.1, 0.15) is 36.6 Å². The average molecular weight is 784 g/mol. The Hall–Kier alpha value is -1.67. The van der Waals surface area contributed by atoms with Crippen molar-refractivity contribution in [3.63, 3.8) is 0 Å². The van der Waals surface area contributed by atoms with Crippen LogP contribution in [0.2, 0.25) is 0 Å². The molecule has 1 aliphatic rings. The molecule has 9 unspecified atom stereocenters. The van der Waals surface area contributed by atoms with Gasteiger partial charge in [-0.05, 0) is 64.2 Å². The average Bonchev–Trinajstić information content (AvgIpc) is 3.18. The van der Waals surface area contributed by atoms with Crippen LogP contribution in [0.3, 0.4) is 0 Å². The van der Waals surface area contributed by atoms with Gasteiger partial charge in [-0.1, -0.05) is 140 Å². The number of rotatable bonds is 35. The molecule has 0 saturated carbocycles. The van der Waals surface area contributed by atoms with Crippen molar-refractivity contribution in [3.8, 4) is 0 Å². The summed E-state index contributed by atoms with van der Waals surface area (Å²) in [6.07, 6.45) is 26.8. The van der Waals surface area contributed by atoms with E-state index >= 15 is 0 Å². The third kappa shape index (κ3) is 24.7. The summed E-state index contributed by atoms with van der Waals surface area (Å²) in [6.45, 7) is 3.27. The van der Waals surface area contributed by atoms with Crippen LogP contribution < -0.4 is 5.32 Å². The van der Waals surface area contributed by atoms with Crippen molar-refractivity contribution in [2.24, 2.45) is 0 Å². The highest BCUT2D eigenvalue weighted by molar-refractivity contribution is 5.80. The van der Waals surface area contributed by atoms with E-state index in [0.717, 1.165) is 64.2 Å². The molecular formula is C44H81NO10. The predicted molar refractivity (Wildman–Crippen MR) is 219 cm³/mol. The Bertz CT molecular complexity index is 992. The maximum Gasteiger partial charge on any atom is 0.249 e. The van der Waals surface area contributed by atoms with E-state index in [1.807, 2.05) is 6.08 Å². The van der Waals surface area contributed by atoms with Crippen LogP contribution in [0.15, 0.2) is 36.5 Å². The molecule has 0 spiro atoms. The van der Waals surface area contributed by atoms with Crippen molar-refractivity contribution >= 4 is 5.91 Å². The number of aliphatic hydroxyl groups excluding tert-OH is 7. The van der Waals surface area contributed by atoms with Gasteiger partial charge in [0.15, 0.2) is 6.29 Å². The lowest BCUT2D eigenvalue weighted by atomic mass is 9.98. The number of ether oxygens (including phenoxy) is 2. The van der Waals surface area contributed by atoms with E-state index in [1.54, 1.807) is 0 Å². The van der Waals surface area contributed by atoms with Gasteiger partial charge in [0.2, 0.25) is 5.91 Å². The van der Waals surface area contributed by atoms with Crippen molar-refractivity contribution in [2.75, 3.05) is 13.2 Å². The summed E-state index contributed by atoms with van der Waals surface area (Å²) in [5.41, 5.74) is 0. The number of carbonyl (C=O) groups is 1.